The van der Waals surface area contributed by atoms with E-state index in [-0.39, 0.29) is 5.91 Å². The molecule has 1 amide bonds. The number of carbonyl (C=O) groups is 1. The Balaban J connectivity index is 2.23. The summed E-state index contributed by atoms with van der Waals surface area (Å²) >= 11 is 3.74. The molecule has 18 heavy (non-hydrogen) atoms. The van der Waals surface area contributed by atoms with E-state index in [0.717, 1.165) is 8.57 Å². The highest BCUT2D eigenvalue weighted by Crippen LogP contribution is 2.21. The number of amides is 1. The van der Waals surface area contributed by atoms with Crippen LogP contribution < -0.4 is 4.90 Å². The van der Waals surface area contributed by atoms with Crippen molar-refractivity contribution in [1.29, 1.82) is 5.26 Å². The van der Waals surface area contributed by atoms with Crippen molar-refractivity contribution in [2.45, 2.75) is 0 Å². The molecule has 0 radical (unpaired) electrons. The second kappa shape index (κ2) is 5.50. The number of hydrogen-bond acceptors (Lipinski definition) is 3. The maximum atomic E-state index is 12.2. The van der Waals surface area contributed by atoms with E-state index in [1.807, 2.05) is 11.4 Å². The minimum absolute atomic E-state index is 0.0427. The highest BCUT2D eigenvalue weighted by Gasteiger charge is 2.14. The highest BCUT2D eigenvalue weighted by atomic mass is 127. The third-order valence-electron chi connectivity index (χ3n) is 2.50. The van der Waals surface area contributed by atoms with E-state index >= 15 is 0 Å². The Labute approximate surface area is 123 Å². The Kier molecular flexibility index (Phi) is 3.99. The summed E-state index contributed by atoms with van der Waals surface area (Å²) in [5.41, 5.74) is 2.06. The largest absolute Gasteiger partial charge is 0.311 e. The quantitative estimate of drug-likeness (QED) is 0.762. The third kappa shape index (κ3) is 2.71. The van der Waals surface area contributed by atoms with E-state index in [9.17, 15) is 4.79 Å². The molecule has 0 unspecified atom stereocenters. The normalized spacial score (nSPS) is 9.83. The van der Waals surface area contributed by atoms with Crippen molar-refractivity contribution in [3.8, 4) is 6.07 Å². The molecule has 1 aromatic carbocycles. The average molecular weight is 368 g/mol. The van der Waals surface area contributed by atoms with Crippen molar-refractivity contribution in [3.63, 3.8) is 0 Å². The van der Waals surface area contributed by atoms with Crippen molar-refractivity contribution in [1.82, 2.24) is 0 Å². The molecule has 0 N–H and O–H groups in total. The summed E-state index contributed by atoms with van der Waals surface area (Å²) in [6.07, 6.45) is 0. The number of halogens is 1. The Morgan fingerprint density at radius 1 is 1.39 bits per heavy atom. The summed E-state index contributed by atoms with van der Waals surface area (Å²) in [6, 6.07) is 10.9. The Bertz CT molecular complexity index is 613. The fraction of sp³-hybridized carbons (Fsp3) is 0.0769. The van der Waals surface area contributed by atoms with Crippen LogP contribution in [0.15, 0.2) is 35.7 Å². The van der Waals surface area contributed by atoms with Gasteiger partial charge >= 0.3 is 0 Å². The van der Waals surface area contributed by atoms with Crippen LogP contribution in [0, 0.1) is 14.2 Å². The maximum absolute atomic E-state index is 12.2. The first-order chi connectivity index (χ1) is 8.61. The molecule has 1 heterocycles. The molecule has 2 rings (SSSR count). The average Bonchev–Trinajstić information content (AvgIpc) is 2.84. The summed E-state index contributed by atoms with van der Waals surface area (Å²) in [7, 11) is 1.73. The number of thiophene rings is 1. The van der Waals surface area contributed by atoms with Gasteiger partial charge < -0.3 is 4.90 Å². The molecule has 0 aliphatic carbocycles. The molecule has 0 fully saturated rings. The van der Waals surface area contributed by atoms with Gasteiger partial charge in [0.05, 0.1) is 20.1 Å². The molecule has 1 aromatic heterocycles. The molecule has 0 atom stereocenters. The number of benzene rings is 1. The Morgan fingerprint density at radius 3 is 2.56 bits per heavy atom. The van der Waals surface area contributed by atoms with Crippen molar-refractivity contribution in [2.24, 2.45) is 0 Å². The van der Waals surface area contributed by atoms with Gasteiger partial charge in [-0.2, -0.15) is 5.26 Å². The number of nitrogens with zero attached hydrogens (tertiary/aromatic N) is 2. The molecular formula is C13H9IN2OS. The van der Waals surface area contributed by atoms with Gasteiger partial charge in [0.15, 0.2) is 0 Å². The fourth-order valence-corrected chi connectivity index (χ4v) is 2.81. The van der Waals surface area contributed by atoms with Gasteiger partial charge in [-0.1, -0.05) is 0 Å². The summed E-state index contributed by atoms with van der Waals surface area (Å²) in [4.78, 5) is 13.8. The zero-order valence-electron chi connectivity index (χ0n) is 9.55. The van der Waals surface area contributed by atoms with Crippen LogP contribution in [0.1, 0.15) is 15.9 Å². The topological polar surface area (TPSA) is 44.1 Å². The van der Waals surface area contributed by atoms with Crippen LogP contribution in [-0.2, 0) is 0 Å². The molecule has 90 valence electrons. The minimum Gasteiger partial charge on any atom is -0.311 e. The van der Waals surface area contributed by atoms with Gasteiger partial charge in [-0.15, -0.1) is 11.3 Å². The predicted molar refractivity (Wildman–Crippen MR) is 80.9 cm³/mol. The Morgan fingerprint density at radius 2 is 2.06 bits per heavy atom. The molecule has 0 bridgehead atoms. The van der Waals surface area contributed by atoms with Gasteiger partial charge in [0.1, 0.15) is 0 Å². The van der Waals surface area contributed by atoms with Crippen molar-refractivity contribution < 1.29 is 4.79 Å². The zero-order valence-corrected chi connectivity index (χ0v) is 12.5. The van der Waals surface area contributed by atoms with Crippen LogP contribution in [0.2, 0.25) is 0 Å². The fourth-order valence-electron chi connectivity index (χ4n) is 1.49. The smallest absolute Gasteiger partial charge is 0.258 e. The molecule has 3 nitrogen and oxygen atoms in total. The lowest BCUT2D eigenvalue weighted by Gasteiger charge is -2.16. The number of hydrogen-bond donors (Lipinski definition) is 0. The van der Waals surface area contributed by atoms with Crippen molar-refractivity contribution >= 4 is 45.5 Å². The van der Waals surface area contributed by atoms with E-state index in [0.29, 0.717) is 11.1 Å². The van der Waals surface area contributed by atoms with Gasteiger partial charge in [-0.05, 0) is 52.9 Å². The van der Waals surface area contributed by atoms with Gasteiger partial charge in [-0.25, -0.2) is 0 Å². The first kappa shape index (κ1) is 13.1. The summed E-state index contributed by atoms with van der Waals surface area (Å²) < 4.78 is 1.09. The molecular weight excluding hydrogens is 359 g/mol. The molecule has 0 saturated heterocycles. The first-order valence-corrected chi connectivity index (χ1v) is 7.10. The van der Waals surface area contributed by atoms with Crippen molar-refractivity contribution in [2.75, 3.05) is 11.9 Å². The summed E-state index contributed by atoms with van der Waals surface area (Å²) in [6.45, 7) is 0. The SMILES string of the molecule is CN(C(=O)c1csc(I)c1)c1ccc(C#N)cc1. The first-order valence-electron chi connectivity index (χ1n) is 5.14. The minimum atomic E-state index is -0.0427. The van der Waals surface area contributed by atoms with Crippen LogP contribution in [0.25, 0.3) is 0 Å². The van der Waals surface area contributed by atoms with Crippen LogP contribution in [0.5, 0.6) is 0 Å². The second-order valence-corrected chi connectivity index (χ2v) is 6.47. The summed E-state index contributed by atoms with van der Waals surface area (Å²) in [5.74, 6) is -0.0427. The van der Waals surface area contributed by atoms with E-state index in [1.165, 1.54) is 0 Å². The lowest BCUT2D eigenvalue weighted by molar-refractivity contribution is 0.0993. The van der Waals surface area contributed by atoms with Gasteiger partial charge in [-0.3, -0.25) is 4.79 Å². The van der Waals surface area contributed by atoms with Gasteiger partial charge in [0.25, 0.3) is 5.91 Å². The molecule has 5 heteroatoms. The van der Waals surface area contributed by atoms with Crippen LogP contribution in [-0.4, -0.2) is 13.0 Å². The maximum Gasteiger partial charge on any atom is 0.258 e. The highest BCUT2D eigenvalue weighted by molar-refractivity contribution is 14.1. The van der Waals surface area contributed by atoms with E-state index in [1.54, 1.807) is 47.5 Å². The van der Waals surface area contributed by atoms with E-state index in [2.05, 4.69) is 28.7 Å². The predicted octanol–water partition coefficient (Wildman–Crippen LogP) is 3.50. The molecule has 0 saturated carbocycles. The lowest BCUT2D eigenvalue weighted by Crippen LogP contribution is -2.25. The van der Waals surface area contributed by atoms with Gasteiger partial charge in [0.2, 0.25) is 0 Å². The number of carbonyl (C=O) groups excluding carboxylic acids is 1. The molecule has 0 aliphatic heterocycles. The zero-order chi connectivity index (χ0) is 13.1. The van der Waals surface area contributed by atoms with E-state index in [4.69, 9.17) is 5.26 Å². The number of rotatable bonds is 2. The van der Waals surface area contributed by atoms with Gasteiger partial charge in [0, 0.05) is 18.1 Å². The molecule has 2 aromatic rings. The lowest BCUT2D eigenvalue weighted by atomic mass is 10.2. The molecule has 0 aliphatic rings. The van der Waals surface area contributed by atoms with Crippen LogP contribution in [0.3, 0.4) is 0 Å². The monoisotopic (exact) mass is 368 g/mol. The standard InChI is InChI=1S/C13H9IN2OS/c1-16(11-4-2-9(7-15)3-5-11)13(17)10-6-12(14)18-8-10/h2-6,8H,1H3. The number of nitriles is 1. The van der Waals surface area contributed by atoms with Crippen LogP contribution >= 0.6 is 33.9 Å². The second-order valence-electron chi connectivity index (χ2n) is 3.66. The molecule has 0 spiro atoms. The van der Waals surface area contributed by atoms with Crippen LogP contribution in [0.4, 0.5) is 5.69 Å². The summed E-state index contributed by atoms with van der Waals surface area (Å²) in [5, 5.41) is 10.6. The number of anilines is 1. The van der Waals surface area contributed by atoms with E-state index < -0.39 is 0 Å². The van der Waals surface area contributed by atoms with Crippen molar-refractivity contribution in [3.05, 3.63) is 49.7 Å². The third-order valence-corrected chi connectivity index (χ3v) is 4.29. The Hall–Kier alpha value is -1.39.